The highest BCUT2D eigenvalue weighted by atomic mass is 16.5. The summed E-state index contributed by atoms with van der Waals surface area (Å²) >= 11 is 0. The summed E-state index contributed by atoms with van der Waals surface area (Å²) in [6.07, 6.45) is 0. The molecule has 3 N–H and O–H groups in total. The second-order valence-corrected chi connectivity index (χ2v) is 3.84. The van der Waals surface area contributed by atoms with Crippen LogP contribution >= 0.6 is 0 Å². The van der Waals surface area contributed by atoms with Gasteiger partial charge in [-0.1, -0.05) is 6.07 Å². The van der Waals surface area contributed by atoms with Crippen LogP contribution in [-0.4, -0.2) is 19.1 Å². The number of hydrogen-bond acceptors (Lipinski definition) is 4. The Morgan fingerprint density at radius 3 is 2.71 bits per heavy atom. The SMILES string of the molecule is CCNc1ccc([C@@H](C)N)cc1C(=O)OCC. The van der Waals surface area contributed by atoms with Gasteiger partial charge < -0.3 is 15.8 Å². The van der Waals surface area contributed by atoms with Crippen LogP contribution in [0.15, 0.2) is 18.2 Å². The van der Waals surface area contributed by atoms with Crippen LogP contribution < -0.4 is 11.1 Å². The molecule has 0 aromatic heterocycles. The zero-order valence-corrected chi connectivity index (χ0v) is 10.6. The molecule has 0 spiro atoms. The van der Waals surface area contributed by atoms with Crippen LogP contribution in [0.3, 0.4) is 0 Å². The van der Waals surface area contributed by atoms with Crippen molar-refractivity contribution in [3.05, 3.63) is 29.3 Å². The van der Waals surface area contributed by atoms with Crippen molar-refractivity contribution in [2.24, 2.45) is 5.73 Å². The molecule has 0 bridgehead atoms. The third-order valence-electron chi connectivity index (χ3n) is 2.43. The summed E-state index contributed by atoms with van der Waals surface area (Å²) < 4.78 is 5.03. The molecule has 94 valence electrons. The van der Waals surface area contributed by atoms with Crippen LogP contribution in [-0.2, 0) is 4.74 Å². The van der Waals surface area contributed by atoms with Gasteiger partial charge in [0, 0.05) is 18.3 Å². The van der Waals surface area contributed by atoms with Crippen LogP contribution in [0.25, 0.3) is 0 Å². The highest BCUT2D eigenvalue weighted by molar-refractivity contribution is 5.96. The minimum atomic E-state index is -0.314. The Morgan fingerprint density at radius 2 is 2.18 bits per heavy atom. The number of ether oxygens (including phenoxy) is 1. The summed E-state index contributed by atoms with van der Waals surface area (Å²) in [5.41, 5.74) is 8.07. The number of nitrogens with one attached hydrogen (secondary N) is 1. The van der Waals surface area contributed by atoms with Crippen molar-refractivity contribution in [1.82, 2.24) is 0 Å². The van der Waals surface area contributed by atoms with E-state index in [1.807, 2.05) is 26.0 Å². The quantitative estimate of drug-likeness (QED) is 0.770. The first-order chi connectivity index (χ1) is 8.10. The second-order valence-electron chi connectivity index (χ2n) is 3.84. The highest BCUT2D eigenvalue weighted by Crippen LogP contribution is 2.21. The highest BCUT2D eigenvalue weighted by Gasteiger charge is 2.14. The molecule has 0 aliphatic carbocycles. The molecule has 17 heavy (non-hydrogen) atoms. The van der Waals surface area contributed by atoms with E-state index in [0.717, 1.165) is 17.8 Å². The van der Waals surface area contributed by atoms with Gasteiger partial charge in [-0.05, 0) is 38.5 Å². The van der Waals surface area contributed by atoms with Gasteiger partial charge in [0.15, 0.2) is 0 Å². The van der Waals surface area contributed by atoms with Crippen molar-refractivity contribution in [2.75, 3.05) is 18.5 Å². The predicted octanol–water partition coefficient (Wildman–Crippen LogP) is 2.31. The van der Waals surface area contributed by atoms with E-state index >= 15 is 0 Å². The number of hydrogen-bond donors (Lipinski definition) is 2. The first-order valence-electron chi connectivity index (χ1n) is 5.90. The van der Waals surface area contributed by atoms with Gasteiger partial charge in [-0.25, -0.2) is 4.79 Å². The Hall–Kier alpha value is -1.55. The molecule has 1 aromatic carbocycles. The molecule has 0 aliphatic heterocycles. The maximum absolute atomic E-state index is 11.8. The predicted molar refractivity (Wildman–Crippen MR) is 69.2 cm³/mol. The first-order valence-corrected chi connectivity index (χ1v) is 5.90. The molecule has 4 nitrogen and oxygen atoms in total. The van der Waals surface area contributed by atoms with Crippen LogP contribution in [0.1, 0.15) is 42.7 Å². The van der Waals surface area contributed by atoms with E-state index in [2.05, 4.69) is 5.32 Å². The van der Waals surface area contributed by atoms with Gasteiger partial charge in [0.1, 0.15) is 0 Å². The molecule has 1 atom stereocenters. The molecule has 0 aliphatic rings. The smallest absolute Gasteiger partial charge is 0.340 e. The fraction of sp³-hybridized carbons (Fsp3) is 0.462. The summed E-state index contributed by atoms with van der Waals surface area (Å²) in [5, 5.41) is 3.14. The van der Waals surface area contributed by atoms with E-state index in [1.54, 1.807) is 13.0 Å². The molecule has 1 rings (SSSR count). The monoisotopic (exact) mass is 236 g/mol. The number of anilines is 1. The Morgan fingerprint density at radius 1 is 1.47 bits per heavy atom. The van der Waals surface area contributed by atoms with Crippen LogP contribution in [0, 0.1) is 0 Å². The van der Waals surface area contributed by atoms with E-state index in [1.165, 1.54) is 0 Å². The Kier molecular flexibility index (Phi) is 4.97. The number of carbonyl (C=O) groups is 1. The second kappa shape index (κ2) is 6.25. The number of rotatable bonds is 5. The average Bonchev–Trinajstić information content (AvgIpc) is 2.30. The summed E-state index contributed by atoms with van der Waals surface area (Å²) in [5.74, 6) is -0.314. The Labute approximate surface area is 102 Å². The maximum atomic E-state index is 11.8. The Balaban J connectivity index is 3.10. The average molecular weight is 236 g/mol. The summed E-state index contributed by atoms with van der Waals surface area (Å²) in [6, 6.07) is 5.49. The molecular weight excluding hydrogens is 216 g/mol. The zero-order valence-electron chi connectivity index (χ0n) is 10.6. The molecule has 4 heteroatoms. The number of benzene rings is 1. The van der Waals surface area contributed by atoms with Gasteiger partial charge in [-0.15, -0.1) is 0 Å². The van der Waals surface area contributed by atoms with Gasteiger partial charge in [0.05, 0.1) is 12.2 Å². The lowest BCUT2D eigenvalue weighted by atomic mass is 10.0. The lowest BCUT2D eigenvalue weighted by molar-refractivity contribution is 0.0527. The lowest BCUT2D eigenvalue weighted by Crippen LogP contribution is -2.12. The molecule has 0 saturated carbocycles. The zero-order chi connectivity index (χ0) is 12.8. The third kappa shape index (κ3) is 3.46. The minimum absolute atomic E-state index is 0.0983. The molecular formula is C13H20N2O2. The number of carbonyl (C=O) groups excluding carboxylic acids is 1. The van der Waals surface area contributed by atoms with Crippen LogP contribution in [0.2, 0.25) is 0 Å². The first kappa shape index (κ1) is 13.5. The van der Waals surface area contributed by atoms with E-state index < -0.39 is 0 Å². The summed E-state index contributed by atoms with van der Waals surface area (Å²) in [6.45, 7) is 6.78. The van der Waals surface area contributed by atoms with Crippen molar-refractivity contribution < 1.29 is 9.53 Å². The van der Waals surface area contributed by atoms with Crippen molar-refractivity contribution in [3.8, 4) is 0 Å². The van der Waals surface area contributed by atoms with E-state index in [4.69, 9.17) is 10.5 Å². The molecule has 0 heterocycles. The van der Waals surface area contributed by atoms with Gasteiger partial charge >= 0.3 is 5.97 Å². The number of esters is 1. The van der Waals surface area contributed by atoms with Crippen LogP contribution in [0.5, 0.6) is 0 Å². The topological polar surface area (TPSA) is 64.3 Å². The molecule has 0 fully saturated rings. The molecule has 0 radical (unpaired) electrons. The molecule has 0 unspecified atom stereocenters. The molecule has 0 saturated heterocycles. The van der Waals surface area contributed by atoms with Crippen molar-refractivity contribution in [1.29, 1.82) is 0 Å². The van der Waals surface area contributed by atoms with E-state index in [9.17, 15) is 4.79 Å². The maximum Gasteiger partial charge on any atom is 0.340 e. The fourth-order valence-electron chi connectivity index (χ4n) is 1.57. The van der Waals surface area contributed by atoms with E-state index in [-0.39, 0.29) is 12.0 Å². The number of nitrogens with two attached hydrogens (primary N) is 1. The van der Waals surface area contributed by atoms with Crippen molar-refractivity contribution in [3.63, 3.8) is 0 Å². The standard InChI is InChI=1S/C13H20N2O2/c1-4-15-12-7-6-10(9(3)14)8-11(12)13(16)17-5-2/h6-9,15H,4-5,14H2,1-3H3/t9-/m1/s1. The van der Waals surface area contributed by atoms with Crippen LogP contribution in [0.4, 0.5) is 5.69 Å². The largest absolute Gasteiger partial charge is 0.462 e. The van der Waals surface area contributed by atoms with Gasteiger partial charge in [-0.3, -0.25) is 0 Å². The third-order valence-corrected chi connectivity index (χ3v) is 2.43. The fourth-order valence-corrected chi connectivity index (χ4v) is 1.57. The van der Waals surface area contributed by atoms with Crippen molar-refractivity contribution in [2.45, 2.75) is 26.8 Å². The lowest BCUT2D eigenvalue weighted by Gasteiger charge is -2.13. The van der Waals surface area contributed by atoms with Gasteiger partial charge in [-0.2, -0.15) is 0 Å². The van der Waals surface area contributed by atoms with Gasteiger partial charge in [0.2, 0.25) is 0 Å². The normalized spacial score (nSPS) is 12.0. The Bertz CT molecular complexity index is 389. The van der Waals surface area contributed by atoms with Crippen molar-refractivity contribution >= 4 is 11.7 Å². The van der Waals surface area contributed by atoms with E-state index in [0.29, 0.717) is 12.2 Å². The summed E-state index contributed by atoms with van der Waals surface area (Å²) in [4.78, 5) is 11.8. The summed E-state index contributed by atoms with van der Waals surface area (Å²) in [7, 11) is 0. The van der Waals surface area contributed by atoms with Gasteiger partial charge in [0.25, 0.3) is 0 Å². The molecule has 0 amide bonds. The molecule has 1 aromatic rings. The minimum Gasteiger partial charge on any atom is -0.462 e.